The maximum atomic E-state index is 12.6. The second-order valence-electron chi connectivity index (χ2n) is 7.29. The minimum atomic E-state index is 0. The first-order valence-electron chi connectivity index (χ1n) is 9.51. The van der Waals surface area contributed by atoms with Crippen LogP contribution in [0.15, 0.2) is 42.6 Å². The average molecular weight is 404 g/mol. The van der Waals surface area contributed by atoms with Crippen LogP contribution in [0.5, 0.6) is 0 Å². The van der Waals surface area contributed by atoms with E-state index in [9.17, 15) is 4.79 Å². The zero-order valence-electron chi connectivity index (χ0n) is 16.6. The lowest BCUT2D eigenvalue weighted by Crippen LogP contribution is -2.46. The van der Waals surface area contributed by atoms with Gasteiger partial charge in [-0.1, -0.05) is 30.3 Å². The molecule has 0 aliphatic carbocycles. The number of rotatable bonds is 6. The summed E-state index contributed by atoms with van der Waals surface area (Å²) in [5.41, 5.74) is 8.64. The lowest BCUT2D eigenvalue weighted by molar-refractivity contribution is -0.130. The van der Waals surface area contributed by atoms with E-state index in [2.05, 4.69) is 39.5 Å². The average Bonchev–Trinajstić information content (AvgIpc) is 2.68. The molecule has 3 rings (SSSR count). The highest BCUT2D eigenvalue weighted by atomic mass is 35.5. The van der Waals surface area contributed by atoms with Gasteiger partial charge in [0, 0.05) is 32.7 Å². The third-order valence-electron chi connectivity index (χ3n) is 5.25. The SMILES string of the molecule is Cc1cc(N)cnc1NCC(=O)N(C)C1CCN(Cc2ccccc2)CC1.Cl. The molecule has 152 valence electrons. The van der Waals surface area contributed by atoms with Gasteiger partial charge in [-0.25, -0.2) is 4.98 Å². The maximum Gasteiger partial charge on any atom is 0.241 e. The van der Waals surface area contributed by atoms with Crippen LogP contribution in [0.25, 0.3) is 0 Å². The van der Waals surface area contributed by atoms with E-state index in [1.165, 1.54) is 5.56 Å². The molecule has 2 aromatic rings. The van der Waals surface area contributed by atoms with Crippen LogP contribution < -0.4 is 11.1 Å². The molecule has 6 nitrogen and oxygen atoms in total. The van der Waals surface area contributed by atoms with E-state index in [0.29, 0.717) is 17.5 Å². The third kappa shape index (κ3) is 5.84. The van der Waals surface area contributed by atoms with E-state index in [-0.39, 0.29) is 24.9 Å². The van der Waals surface area contributed by atoms with Crippen LogP contribution in [0.1, 0.15) is 24.0 Å². The summed E-state index contributed by atoms with van der Waals surface area (Å²) in [5, 5.41) is 3.13. The van der Waals surface area contributed by atoms with E-state index < -0.39 is 0 Å². The maximum absolute atomic E-state index is 12.6. The zero-order chi connectivity index (χ0) is 19.2. The van der Waals surface area contributed by atoms with Crippen LogP contribution in [0.3, 0.4) is 0 Å². The predicted molar refractivity (Wildman–Crippen MR) is 117 cm³/mol. The van der Waals surface area contributed by atoms with Gasteiger partial charge in [0.05, 0.1) is 18.4 Å². The lowest BCUT2D eigenvalue weighted by atomic mass is 10.0. The van der Waals surface area contributed by atoms with Crippen LogP contribution >= 0.6 is 12.4 Å². The number of benzene rings is 1. The van der Waals surface area contributed by atoms with Gasteiger partial charge >= 0.3 is 0 Å². The van der Waals surface area contributed by atoms with Gasteiger partial charge in [0.15, 0.2) is 0 Å². The topological polar surface area (TPSA) is 74.5 Å². The van der Waals surface area contributed by atoms with Crippen molar-refractivity contribution >= 4 is 29.8 Å². The molecule has 1 aromatic carbocycles. The molecule has 0 atom stereocenters. The smallest absolute Gasteiger partial charge is 0.241 e. The van der Waals surface area contributed by atoms with E-state index in [1.54, 1.807) is 6.20 Å². The molecule has 1 saturated heterocycles. The number of piperidine rings is 1. The molecule has 1 aliphatic heterocycles. The van der Waals surface area contributed by atoms with Gasteiger partial charge in [-0.15, -0.1) is 12.4 Å². The van der Waals surface area contributed by atoms with Gasteiger partial charge in [0.2, 0.25) is 5.91 Å². The Bertz CT molecular complexity index is 763. The fourth-order valence-corrected chi connectivity index (χ4v) is 3.58. The molecule has 2 heterocycles. The number of carbonyl (C=O) groups is 1. The number of amides is 1. The van der Waals surface area contributed by atoms with Crippen molar-refractivity contribution < 1.29 is 4.79 Å². The third-order valence-corrected chi connectivity index (χ3v) is 5.25. The van der Waals surface area contributed by atoms with E-state index in [0.717, 1.165) is 38.0 Å². The Hall–Kier alpha value is -2.31. The molecular formula is C21H30ClN5O. The molecule has 1 aliphatic rings. The summed E-state index contributed by atoms with van der Waals surface area (Å²) in [7, 11) is 1.91. The first-order chi connectivity index (χ1) is 13.0. The number of aryl methyl sites for hydroxylation is 1. The van der Waals surface area contributed by atoms with Crippen LogP contribution in [-0.4, -0.2) is 53.4 Å². The van der Waals surface area contributed by atoms with Crippen molar-refractivity contribution in [2.24, 2.45) is 0 Å². The molecule has 28 heavy (non-hydrogen) atoms. The highest BCUT2D eigenvalue weighted by Gasteiger charge is 2.25. The second-order valence-corrected chi connectivity index (χ2v) is 7.29. The fourth-order valence-electron chi connectivity index (χ4n) is 3.58. The van der Waals surface area contributed by atoms with Gasteiger partial charge in [0.1, 0.15) is 5.82 Å². The number of nitrogens with zero attached hydrogens (tertiary/aromatic N) is 3. The summed E-state index contributed by atoms with van der Waals surface area (Å²) >= 11 is 0. The number of carbonyl (C=O) groups excluding carboxylic acids is 1. The van der Waals surface area contributed by atoms with Gasteiger partial charge in [-0.3, -0.25) is 9.69 Å². The standard InChI is InChI=1S/C21H29N5O.ClH/c1-16-12-18(22)13-23-21(16)24-14-20(27)25(2)19-8-10-26(11-9-19)15-17-6-4-3-5-7-17;/h3-7,12-13,19H,8-11,14-15,22H2,1-2H3,(H,23,24);1H. The highest BCUT2D eigenvalue weighted by molar-refractivity contribution is 5.85. The van der Waals surface area contributed by atoms with Crippen molar-refractivity contribution in [3.05, 3.63) is 53.7 Å². The summed E-state index contributed by atoms with van der Waals surface area (Å²) in [6.45, 7) is 5.20. The Labute approximate surface area is 173 Å². The first kappa shape index (κ1) is 22.0. The number of likely N-dealkylation sites (tertiary alicyclic amines) is 1. The molecule has 3 N–H and O–H groups in total. The summed E-state index contributed by atoms with van der Waals surface area (Å²) in [5.74, 6) is 0.804. The summed E-state index contributed by atoms with van der Waals surface area (Å²) in [4.78, 5) is 21.2. The Kier molecular flexibility index (Phi) is 8.08. The van der Waals surface area contributed by atoms with Crippen molar-refractivity contribution in [1.29, 1.82) is 0 Å². The predicted octanol–water partition coefficient (Wildman–Crippen LogP) is 2.93. The molecular weight excluding hydrogens is 374 g/mol. The van der Waals surface area contributed by atoms with Crippen molar-refractivity contribution in [3.8, 4) is 0 Å². The van der Waals surface area contributed by atoms with Crippen molar-refractivity contribution in [1.82, 2.24) is 14.8 Å². The number of halogens is 1. The van der Waals surface area contributed by atoms with Crippen LogP contribution in [0.2, 0.25) is 0 Å². The van der Waals surface area contributed by atoms with Crippen molar-refractivity contribution in [2.75, 3.05) is 37.7 Å². The summed E-state index contributed by atoms with van der Waals surface area (Å²) in [6, 6.07) is 12.7. The Balaban J connectivity index is 0.00000280. The molecule has 0 spiro atoms. The number of anilines is 2. The summed E-state index contributed by atoms with van der Waals surface area (Å²) in [6.07, 6.45) is 3.62. The largest absolute Gasteiger partial charge is 0.397 e. The number of aromatic nitrogens is 1. The number of likely N-dealkylation sites (N-methyl/N-ethyl adjacent to an activating group) is 1. The molecule has 1 fully saturated rings. The van der Waals surface area contributed by atoms with E-state index in [4.69, 9.17) is 5.73 Å². The van der Waals surface area contributed by atoms with Gasteiger partial charge < -0.3 is 16.0 Å². The normalized spacial score (nSPS) is 14.9. The Morgan fingerprint density at radius 2 is 1.96 bits per heavy atom. The van der Waals surface area contributed by atoms with Gasteiger partial charge in [-0.05, 0) is 37.0 Å². The highest BCUT2D eigenvalue weighted by Crippen LogP contribution is 2.18. The molecule has 1 aromatic heterocycles. The van der Waals surface area contributed by atoms with Crippen LogP contribution in [0.4, 0.5) is 11.5 Å². The molecule has 7 heteroatoms. The zero-order valence-corrected chi connectivity index (χ0v) is 17.4. The Morgan fingerprint density at radius 3 is 2.61 bits per heavy atom. The summed E-state index contributed by atoms with van der Waals surface area (Å²) < 4.78 is 0. The Morgan fingerprint density at radius 1 is 1.29 bits per heavy atom. The van der Waals surface area contributed by atoms with Gasteiger partial charge in [-0.2, -0.15) is 0 Å². The quantitative estimate of drug-likeness (QED) is 0.775. The number of hydrogen-bond acceptors (Lipinski definition) is 5. The first-order valence-corrected chi connectivity index (χ1v) is 9.51. The van der Waals surface area contributed by atoms with Crippen LogP contribution in [0, 0.1) is 6.92 Å². The molecule has 0 unspecified atom stereocenters. The van der Waals surface area contributed by atoms with Gasteiger partial charge in [0.25, 0.3) is 0 Å². The van der Waals surface area contributed by atoms with E-state index >= 15 is 0 Å². The number of nitrogens with one attached hydrogen (secondary N) is 1. The molecule has 0 radical (unpaired) electrons. The minimum absolute atomic E-state index is 0. The number of nitrogen functional groups attached to an aromatic ring is 1. The number of hydrogen-bond donors (Lipinski definition) is 2. The molecule has 0 saturated carbocycles. The number of pyridine rings is 1. The fraction of sp³-hybridized carbons (Fsp3) is 0.429. The van der Waals surface area contributed by atoms with Crippen molar-refractivity contribution in [2.45, 2.75) is 32.4 Å². The molecule has 0 bridgehead atoms. The van der Waals surface area contributed by atoms with Crippen molar-refractivity contribution in [3.63, 3.8) is 0 Å². The minimum Gasteiger partial charge on any atom is -0.397 e. The monoisotopic (exact) mass is 403 g/mol. The lowest BCUT2D eigenvalue weighted by Gasteiger charge is -2.36. The molecule has 1 amide bonds. The second kappa shape index (κ2) is 10.3. The van der Waals surface area contributed by atoms with E-state index in [1.807, 2.05) is 31.0 Å². The number of nitrogens with two attached hydrogens (primary N) is 1. The van der Waals surface area contributed by atoms with Crippen LogP contribution in [-0.2, 0) is 11.3 Å².